The summed E-state index contributed by atoms with van der Waals surface area (Å²) in [6.45, 7) is -0.222. The fraction of sp³-hybridized carbons (Fsp3) is 0.200. The van der Waals surface area contributed by atoms with E-state index in [2.05, 4.69) is 9.97 Å². The van der Waals surface area contributed by atoms with Crippen molar-refractivity contribution in [3.63, 3.8) is 0 Å². The summed E-state index contributed by atoms with van der Waals surface area (Å²) in [5.74, 6) is 1.15. The number of nitrogens with two attached hydrogens (primary N) is 1. The van der Waals surface area contributed by atoms with Crippen molar-refractivity contribution >= 4 is 26.8 Å². The zero-order chi connectivity index (χ0) is 12.4. The summed E-state index contributed by atoms with van der Waals surface area (Å²) in [4.78, 5) is 8.25. The molecule has 17 heavy (non-hydrogen) atoms. The summed E-state index contributed by atoms with van der Waals surface area (Å²) < 4.78 is 18.5. The van der Waals surface area contributed by atoms with E-state index in [9.17, 15) is 4.39 Å². The van der Waals surface area contributed by atoms with Crippen LogP contribution < -0.4 is 10.5 Å². The molecule has 7 heteroatoms. The molecule has 0 unspecified atom stereocenters. The van der Waals surface area contributed by atoms with E-state index in [0.29, 0.717) is 15.5 Å². The van der Waals surface area contributed by atoms with Gasteiger partial charge in [-0.15, -0.1) is 6.42 Å². The van der Waals surface area contributed by atoms with Crippen molar-refractivity contribution in [1.82, 2.24) is 9.97 Å². The lowest BCUT2D eigenvalue weighted by Gasteiger charge is -2.06. The van der Waals surface area contributed by atoms with E-state index < -0.39 is 11.9 Å². The average Bonchev–Trinajstić information content (AvgIpc) is 2.64. The quantitative estimate of drug-likeness (QED) is 0.790. The molecule has 2 aromatic heterocycles. The predicted molar refractivity (Wildman–Crippen MR) is 62.1 cm³/mol. The molecule has 0 aromatic carbocycles. The van der Waals surface area contributed by atoms with E-state index in [1.807, 2.05) is 5.92 Å². The highest BCUT2D eigenvalue weighted by Crippen LogP contribution is 2.26. The lowest BCUT2D eigenvalue weighted by Crippen LogP contribution is -2.15. The molecule has 0 radical (unpaired) electrons. The summed E-state index contributed by atoms with van der Waals surface area (Å²) in [5, 5.41) is 9.39. The summed E-state index contributed by atoms with van der Waals surface area (Å²) in [6, 6.07) is 1.17. The molecule has 3 N–H and O–H groups in total. The van der Waals surface area contributed by atoms with Gasteiger partial charge >= 0.3 is 0 Å². The van der Waals surface area contributed by atoms with E-state index in [4.69, 9.17) is 22.0 Å². The first-order chi connectivity index (χ1) is 8.10. The molecule has 0 aliphatic heterocycles. The molecule has 0 amide bonds. The van der Waals surface area contributed by atoms with Crippen molar-refractivity contribution in [2.24, 2.45) is 0 Å². The third-order valence-corrected chi connectivity index (χ3v) is 2.69. The molecule has 0 saturated heterocycles. The van der Waals surface area contributed by atoms with Crippen LogP contribution in [0.1, 0.15) is 0 Å². The Morgan fingerprint density at radius 1 is 1.65 bits per heavy atom. The number of hydrogen-bond donors (Lipinski definition) is 2. The first-order valence-electron chi connectivity index (χ1n) is 4.59. The Balaban J connectivity index is 2.28. The molecule has 1 atom stereocenters. The molecule has 0 aliphatic rings. The standard InChI is InChI=1S/C10H8FN3O2S/c1-2-5(15)4-16-8-6(11)3-7-9(14-8)17-10(12)13-7/h1,3,5,15H,4H2,(H2,12,13)/t5-/m1/s1. The van der Waals surface area contributed by atoms with Crippen molar-refractivity contribution in [3.05, 3.63) is 11.9 Å². The Bertz CT molecular complexity index is 593. The third kappa shape index (κ3) is 2.43. The number of rotatable bonds is 3. The van der Waals surface area contributed by atoms with Gasteiger partial charge in [0.15, 0.2) is 10.9 Å². The van der Waals surface area contributed by atoms with Crippen LogP contribution in [0.4, 0.5) is 9.52 Å². The Morgan fingerprint density at radius 2 is 2.41 bits per heavy atom. The molecule has 0 spiro atoms. The van der Waals surface area contributed by atoms with Crippen LogP contribution in [0.5, 0.6) is 5.88 Å². The number of thiazole rings is 1. The van der Waals surface area contributed by atoms with Gasteiger partial charge in [0.2, 0.25) is 0 Å². The Hall–Kier alpha value is -1.91. The van der Waals surface area contributed by atoms with Crippen LogP contribution in [-0.4, -0.2) is 27.8 Å². The Morgan fingerprint density at radius 3 is 3.12 bits per heavy atom. The molecule has 88 valence electrons. The molecule has 2 rings (SSSR count). The van der Waals surface area contributed by atoms with Gasteiger partial charge in [0, 0.05) is 6.07 Å². The van der Waals surface area contributed by atoms with Crippen LogP contribution >= 0.6 is 11.3 Å². The summed E-state index contributed by atoms with van der Waals surface area (Å²) >= 11 is 1.12. The van der Waals surface area contributed by atoms with Crippen LogP contribution in [0.2, 0.25) is 0 Å². The number of anilines is 1. The maximum Gasteiger partial charge on any atom is 0.252 e. The van der Waals surface area contributed by atoms with Crippen LogP contribution in [0.15, 0.2) is 6.07 Å². The lowest BCUT2D eigenvalue weighted by atomic mass is 10.4. The highest BCUT2D eigenvalue weighted by molar-refractivity contribution is 7.21. The number of aliphatic hydroxyl groups excluding tert-OH is 1. The van der Waals surface area contributed by atoms with Crippen LogP contribution in [0, 0.1) is 18.2 Å². The number of halogens is 1. The topological polar surface area (TPSA) is 81.3 Å². The normalized spacial score (nSPS) is 12.3. The number of aromatic nitrogens is 2. The third-order valence-electron chi connectivity index (χ3n) is 1.89. The van der Waals surface area contributed by atoms with Gasteiger partial charge in [-0.05, 0) is 0 Å². The largest absolute Gasteiger partial charge is 0.472 e. The molecular weight excluding hydrogens is 245 g/mol. The number of fused-ring (bicyclic) bond motifs is 1. The zero-order valence-electron chi connectivity index (χ0n) is 8.55. The summed E-state index contributed by atoms with van der Waals surface area (Å²) in [7, 11) is 0. The first-order valence-corrected chi connectivity index (χ1v) is 5.41. The monoisotopic (exact) mass is 253 g/mol. The second-order valence-corrected chi connectivity index (χ2v) is 4.15. The molecule has 0 saturated carbocycles. The smallest absolute Gasteiger partial charge is 0.252 e. The number of ether oxygens (including phenoxy) is 1. The van der Waals surface area contributed by atoms with Crippen molar-refractivity contribution in [1.29, 1.82) is 0 Å². The number of pyridine rings is 1. The average molecular weight is 253 g/mol. The van der Waals surface area contributed by atoms with E-state index >= 15 is 0 Å². The second kappa shape index (κ2) is 4.53. The van der Waals surface area contributed by atoms with E-state index in [0.717, 1.165) is 11.3 Å². The number of aliphatic hydroxyl groups is 1. The van der Waals surface area contributed by atoms with Gasteiger partial charge in [-0.3, -0.25) is 0 Å². The molecular formula is C10H8FN3O2S. The number of hydrogen-bond acceptors (Lipinski definition) is 6. The highest BCUT2D eigenvalue weighted by Gasteiger charge is 2.12. The molecule has 0 fully saturated rings. The first kappa shape index (κ1) is 11.6. The van der Waals surface area contributed by atoms with E-state index in [-0.39, 0.29) is 12.5 Å². The SMILES string of the molecule is C#C[C@@H](O)COc1nc2sc(N)nc2cc1F. The van der Waals surface area contributed by atoms with E-state index in [1.165, 1.54) is 6.07 Å². The number of nitrogen functional groups attached to an aromatic ring is 1. The van der Waals surface area contributed by atoms with Gasteiger partial charge in [0.25, 0.3) is 5.88 Å². The minimum absolute atomic E-state index is 0.222. The van der Waals surface area contributed by atoms with Crippen LogP contribution in [-0.2, 0) is 0 Å². The molecule has 2 aromatic rings. The Kier molecular flexibility index (Phi) is 3.08. The van der Waals surface area contributed by atoms with Crippen molar-refractivity contribution in [2.75, 3.05) is 12.3 Å². The van der Waals surface area contributed by atoms with Gasteiger partial charge in [0.05, 0.1) is 0 Å². The predicted octanol–water partition coefficient (Wildman–Crippen LogP) is 0.786. The minimum Gasteiger partial charge on any atom is -0.472 e. The fourth-order valence-corrected chi connectivity index (χ4v) is 1.83. The van der Waals surface area contributed by atoms with Gasteiger partial charge in [0.1, 0.15) is 23.1 Å². The number of nitrogens with zero attached hydrogens (tertiary/aromatic N) is 2. The lowest BCUT2D eigenvalue weighted by molar-refractivity contribution is 0.145. The van der Waals surface area contributed by atoms with Gasteiger partial charge in [-0.1, -0.05) is 17.3 Å². The molecule has 0 aliphatic carbocycles. The maximum atomic E-state index is 13.5. The van der Waals surface area contributed by atoms with Gasteiger partial charge < -0.3 is 15.6 Å². The summed E-state index contributed by atoms with van der Waals surface area (Å²) in [6.07, 6.45) is 3.85. The Labute approximate surface area is 100 Å². The minimum atomic E-state index is -1.10. The van der Waals surface area contributed by atoms with E-state index in [1.54, 1.807) is 0 Å². The molecule has 0 bridgehead atoms. The van der Waals surface area contributed by atoms with Crippen LogP contribution in [0.3, 0.4) is 0 Å². The van der Waals surface area contributed by atoms with Crippen LogP contribution in [0.25, 0.3) is 10.3 Å². The summed E-state index contributed by atoms with van der Waals surface area (Å²) in [5.41, 5.74) is 5.84. The maximum absolute atomic E-state index is 13.5. The number of terminal acetylenes is 1. The molecule has 5 nitrogen and oxygen atoms in total. The van der Waals surface area contributed by atoms with Crippen molar-refractivity contribution in [3.8, 4) is 18.2 Å². The second-order valence-electron chi connectivity index (χ2n) is 3.15. The zero-order valence-corrected chi connectivity index (χ0v) is 9.37. The molecule has 2 heterocycles. The van der Waals surface area contributed by atoms with Gasteiger partial charge in [-0.2, -0.15) is 4.98 Å². The fourth-order valence-electron chi connectivity index (χ4n) is 1.15. The highest BCUT2D eigenvalue weighted by atomic mass is 32.1. The van der Waals surface area contributed by atoms with Crippen molar-refractivity contribution < 1.29 is 14.2 Å². The van der Waals surface area contributed by atoms with Crippen molar-refractivity contribution in [2.45, 2.75) is 6.10 Å². The van der Waals surface area contributed by atoms with Gasteiger partial charge in [-0.25, -0.2) is 9.37 Å².